The minimum absolute atomic E-state index is 0.0245. The van der Waals surface area contributed by atoms with Gasteiger partial charge >= 0.3 is 0 Å². The summed E-state index contributed by atoms with van der Waals surface area (Å²) >= 11 is 0. The minimum Gasteiger partial charge on any atom is -0.494 e. The van der Waals surface area contributed by atoms with Crippen molar-refractivity contribution >= 4 is 35.1 Å². The number of fused-ring (bicyclic) bond motifs is 1. The first-order valence-corrected chi connectivity index (χ1v) is 11.0. The van der Waals surface area contributed by atoms with E-state index >= 15 is 0 Å². The average molecular weight is 455 g/mol. The summed E-state index contributed by atoms with van der Waals surface area (Å²) in [6.45, 7) is 3.25. The van der Waals surface area contributed by atoms with Crippen molar-refractivity contribution in [2.45, 2.75) is 13.3 Å². The number of anilines is 1. The molecule has 34 heavy (non-hydrogen) atoms. The molecule has 2 aliphatic rings. The second-order valence-electron chi connectivity index (χ2n) is 8.49. The first kappa shape index (κ1) is 21.4. The van der Waals surface area contributed by atoms with Crippen LogP contribution >= 0.6 is 0 Å². The number of aryl methyl sites for hydroxylation is 1. The molecule has 1 aromatic carbocycles. The number of nitrogen functional groups attached to an aromatic ring is 1. The highest BCUT2D eigenvalue weighted by Gasteiger charge is 2.29. The van der Waals surface area contributed by atoms with E-state index in [1.54, 1.807) is 34.7 Å². The van der Waals surface area contributed by atoms with E-state index in [-0.39, 0.29) is 11.8 Å². The van der Waals surface area contributed by atoms with Crippen LogP contribution in [0.25, 0.3) is 11.1 Å². The monoisotopic (exact) mass is 454 g/mol. The Labute approximate surface area is 196 Å². The summed E-state index contributed by atoms with van der Waals surface area (Å²) in [6, 6.07) is 9.43. The van der Waals surface area contributed by atoms with Crippen LogP contribution in [0.4, 0.5) is 5.69 Å². The van der Waals surface area contributed by atoms with Crippen molar-refractivity contribution < 1.29 is 14.2 Å². The van der Waals surface area contributed by atoms with E-state index in [0.29, 0.717) is 41.2 Å². The molecule has 9 heteroatoms. The molecule has 170 valence electrons. The van der Waals surface area contributed by atoms with Gasteiger partial charge in [0.1, 0.15) is 29.1 Å². The summed E-state index contributed by atoms with van der Waals surface area (Å²) in [5.74, 6) is 0.801. The molecule has 1 fully saturated rings. The molecule has 0 spiro atoms. The number of carbonyl (C=O) groups excluding carboxylic acids is 1. The molecule has 0 bridgehead atoms. The highest BCUT2D eigenvalue weighted by Crippen LogP contribution is 2.28. The van der Waals surface area contributed by atoms with Gasteiger partial charge in [0, 0.05) is 36.1 Å². The molecular weight excluding hydrogens is 430 g/mol. The molecular formula is C25H24N7O2+. The number of benzene rings is 1. The van der Waals surface area contributed by atoms with Gasteiger partial charge in [-0.25, -0.2) is 4.52 Å². The minimum atomic E-state index is 0.0245. The molecule has 4 heterocycles. The van der Waals surface area contributed by atoms with Crippen molar-refractivity contribution in [1.29, 1.82) is 5.26 Å². The van der Waals surface area contributed by atoms with Crippen LogP contribution in [0.5, 0.6) is 5.75 Å². The fraction of sp³-hybridized carbons (Fsp3) is 0.240. The van der Waals surface area contributed by atoms with Crippen LogP contribution in [0.2, 0.25) is 0 Å². The van der Waals surface area contributed by atoms with E-state index in [0.717, 1.165) is 23.1 Å². The average Bonchev–Trinajstić information content (AvgIpc) is 3.59. The summed E-state index contributed by atoms with van der Waals surface area (Å²) in [4.78, 5) is 14.8. The molecule has 9 nitrogen and oxygen atoms in total. The van der Waals surface area contributed by atoms with Crippen molar-refractivity contribution in [2.24, 2.45) is 11.0 Å². The predicted molar refractivity (Wildman–Crippen MR) is 129 cm³/mol. The van der Waals surface area contributed by atoms with Crippen LogP contribution in [-0.4, -0.2) is 57.7 Å². The Hall–Kier alpha value is -4.45. The third-order valence-electron chi connectivity index (χ3n) is 6.24. The van der Waals surface area contributed by atoms with Gasteiger partial charge in [-0.05, 0) is 48.3 Å². The molecule has 2 aliphatic heterocycles. The lowest BCUT2D eigenvalue weighted by Gasteiger charge is -2.16. The van der Waals surface area contributed by atoms with Crippen molar-refractivity contribution in [3.05, 3.63) is 65.1 Å². The quantitative estimate of drug-likeness (QED) is 0.481. The molecule has 0 saturated carbocycles. The lowest BCUT2D eigenvalue weighted by Crippen LogP contribution is -2.29. The topological polar surface area (TPSA) is 112 Å². The molecule has 5 rings (SSSR count). The zero-order chi connectivity index (χ0) is 23.8. The smallest absolute Gasteiger partial charge is 0.253 e. The number of likely N-dealkylation sites (tertiary alicyclic amines) is 1. The molecule has 2 aromatic heterocycles. The Morgan fingerprint density at radius 3 is 3.00 bits per heavy atom. The summed E-state index contributed by atoms with van der Waals surface area (Å²) in [6.07, 6.45) is 10.0. The van der Waals surface area contributed by atoms with Crippen LogP contribution < -0.4 is 10.5 Å². The number of methoxy groups -OCH3 is 1. The van der Waals surface area contributed by atoms with E-state index in [1.165, 1.54) is 6.20 Å². The molecule has 1 saturated heterocycles. The van der Waals surface area contributed by atoms with Crippen LogP contribution in [0.15, 0.2) is 48.0 Å². The molecule has 0 radical (unpaired) electrons. The number of nitrogens with zero attached hydrogens (tertiary/aromatic N) is 6. The van der Waals surface area contributed by atoms with Crippen LogP contribution in [0.1, 0.15) is 33.5 Å². The second-order valence-corrected chi connectivity index (χ2v) is 8.49. The van der Waals surface area contributed by atoms with Gasteiger partial charge in [0.05, 0.1) is 24.8 Å². The Kier molecular flexibility index (Phi) is 5.34. The van der Waals surface area contributed by atoms with Gasteiger partial charge in [-0.15, -0.1) is 0 Å². The summed E-state index contributed by atoms with van der Waals surface area (Å²) < 4.78 is 8.94. The van der Waals surface area contributed by atoms with Gasteiger partial charge in [-0.3, -0.25) is 4.79 Å². The van der Waals surface area contributed by atoms with E-state index in [4.69, 9.17) is 10.5 Å². The number of hydrogen-bond acceptors (Lipinski definition) is 6. The van der Waals surface area contributed by atoms with Gasteiger partial charge in [0.25, 0.3) is 5.91 Å². The summed E-state index contributed by atoms with van der Waals surface area (Å²) in [7, 11) is 1.57. The number of amides is 1. The third kappa shape index (κ3) is 3.79. The van der Waals surface area contributed by atoms with Crippen molar-refractivity contribution in [2.75, 3.05) is 25.9 Å². The van der Waals surface area contributed by atoms with Gasteiger partial charge in [-0.2, -0.15) is 10.4 Å². The number of ether oxygens (including phenoxy) is 1. The van der Waals surface area contributed by atoms with Crippen LogP contribution in [0, 0.1) is 24.2 Å². The van der Waals surface area contributed by atoms with E-state index < -0.39 is 0 Å². The standard InChI is InChI=1S/C25H23N7O2/c1-16-7-18(3-4-22(16)27)25(33)30-6-5-17(12-30)13-31-14-21(11-28-31)19-8-23(34-2)24-20(9-26)10-29-32(24)15-19/h3-4,7-8,10-11,13-15,17H,5-6,12H2,1-2H3,(H-,27,33)/p+1/b31-13-. The third-order valence-corrected chi connectivity index (χ3v) is 6.24. The number of hydrogen-bond donors (Lipinski definition) is 1. The predicted octanol–water partition coefficient (Wildman–Crippen LogP) is 2.69. The number of nitrogens with two attached hydrogens (primary N) is 1. The zero-order valence-corrected chi connectivity index (χ0v) is 19.0. The van der Waals surface area contributed by atoms with Crippen molar-refractivity contribution in [1.82, 2.24) is 14.5 Å². The number of rotatable bonds is 4. The Bertz CT molecular complexity index is 1440. The zero-order valence-electron chi connectivity index (χ0n) is 19.0. The molecule has 3 aromatic rings. The fourth-order valence-corrected chi connectivity index (χ4v) is 4.35. The highest BCUT2D eigenvalue weighted by atomic mass is 16.5. The number of aromatic nitrogens is 2. The number of carbonyl (C=O) groups is 1. The number of nitriles is 1. The van der Waals surface area contributed by atoms with E-state index in [2.05, 4.69) is 16.3 Å². The first-order chi connectivity index (χ1) is 16.5. The first-order valence-electron chi connectivity index (χ1n) is 11.0. The maximum Gasteiger partial charge on any atom is 0.253 e. The molecule has 1 unspecified atom stereocenters. The molecule has 1 atom stereocenters. The van der Waals surface area contributed by atoms with Crippen molar-refractivity contribution in [3.8, 4) is 11.8 Å². The number of allylic oxidation sites excluding steroid dienone is 1. The SMILES string of the molecule is COc1cc(C2=C/[N+](=C/C3CCN(C(=O)c4ccc(N)c(C)c4)C3)N=C2)cn2ncc(C#N)c12. The maximum absolute atomic E-state index is 12.9. The lowest BCUT2D eigenvalue weighted by atomic mass is 10.1. The summed E-state index contributed by atoms with van der Waals surface area (Å²) in [5, 5.41) is 18.1. The Morgan fingerprint density at radius 1 is 1.38 bits per heavy atom. The van der Waals surface area contributed by atoms with Crippen LogP contribution in [0.3, 0.4) is 0 Å². The maximum atomic E-state index is 12.9. The van der Waals surface area contributed by atoms with Gasteiger partial charge in [0.2, 0.25) is 6.20 Å². The number of hydrazone groups is 1. The summed E-state index contributed by atoms with van der Waals surface area (Å²) in [5.41, 5.74) is 11.0. The highest BCUT2D eigenvalue weighted by molar-refractivity contribution is 6.10. The Balaban J connectivity index is 1.33. The fourth-order valence-electron chi connectivity index (χ4n) is 4.35. The van der Waals surface area contributed by atoms with Gasteiger partial charge in [-0.1, -0.05) is 4.68 Å². The largest absolute Gasteiger partial charge is 0.494 e. The number of pyridine rings is 1. The van der Waals surface area contributed by atoms with E-state index in [9.17, 15) is 10.1 Å². The molecule has 2 N–H and O–H groups in total. The van der Waals surface area contributed by atoms with Gasteiger partial charge in [0.15, 0.2) is 6.21 Å². The van der Waals surface area contributed by atoms with Crippen molar-refractivity contribution in [3.63, 3.8) is 0 Å². The van der Waals surface area contributed by atoms with E-state index in [1.807, 2.05) is 42.6 Å². The van der Waals surface area contributed by atoms with Crippen LogP contribution in [-0.2, 0) is 0 Å². The second kappa shape index (κ2) is 8.48. The molecule has 1 amide bonds. The molecule has 0 aliphatic carbocycles. The van der Waals surface area contributed by atoms with Gasteiger partial charge < -0.3 is 15.4 Å². The Morgan fingerprint density at radius 2 is 2.24 bits per heavy atom. The normalized spacial score (nSPS) is 18.5. The lowest BCUT2D eigenvalue weighted by molar-refractivity contribution is -0.454.